The minimum absolute atomic E-state index is 0.0570. The molecule has 0 spiro atoms. The zero-order valence-corrected chi connectivity index (χ0v) is 50.9. The Bertz CT molecular complexity index is 5160. The lowest BCUT2D eigenvalue weighted by atomic mass is 10.1. The predicted molar refractivity (Wildman–Crippen MR) is 353 cm³/mol. The highest BCUT2D eigenvalue weighted by atomic mass is 79.9. The summed E-state index contributed by atoms with van der Waals surface area (Å²) in [5.41, 5.74) is 6.29. The predicted octanol–water partition coefficient (Wildman–Crippen LogP) is 9.46. The number of nitrogens with one attached hydrogen (secondary N) is 6. The second kappa shape index (κ2) is 30.3. The number of anilines is 1. The molecule has 0 saturated carbocycles. The summed E-state index contributed by atoms with van der Waals surface area (Å²) in [7, 11) is 0. The van der Waals surface area contributed by atoms with Crippen LogP contribution in [0, 0.1) is 6.92 Å². The van der Waals surface area contributed by atoms with Crippen molar-refractivity contribution >= 4 is 84.1 Å². The van der Waals surface area contributed by atoms with Gasteiger partial charge in [0, 0.05) is 130 Å². The zero-order valence-electron chi connectivity index (χ0n) is 48.5. The molecule has 0 atom stereocenters. The van der Waals surface area contributed by atoms with Crippen LogP contribution in [0.25, 0.3) is 49.9 Å². The number of aryl methyl sites for hydroxylation is 1. The summed E-state index contributed by atoms with van der Waals surface area (Å²) in [6.45, 7) is 2.10. The van der Waals surface area contributed by atoms with Gasteiger partial charge in [-0.25, -0.2) is 0 Å². The topological polar surface area (TPSA) is 296 Å². The molecule has 0 aliphatic rings. The van der Waals surface area contributed by atoms with Crippen molar-refractivity contribution in [2.45, 2.75) is 13.5 Å². The Morgan fingerprint density at radius 2 is 0.924 bits per heavy atom. The number of para-hydroxylation sites is 1. The van der Waals surface area contributed by atoms with Crippen LogP contribution in [0.1, 0.15) is 47.4 Å². The number of H-pyrrole nitrogens is 5. The number of carbonyl (C=O) groups is 6. The summed E-state index contributed by atoms with van der Waals surface area (Å²) in [5.74, 6) is -2.72. The van der Waals surface area contributed by atoms with Gasteiger partial charge in [-0.15, -0.1) is 0 Å². The van der Waals surface area contributed by atoms with E-state index in [1.54, 1.807) is 131 Å². The Morgan fingerprint density at radius 1 is 0.467 bits per heavy atom. The fraction of sp³-hybridized carbons (Fsp3) is 0.0435. The maximum Gasteiger partial charge on any atom is 0.298 e. The van der Waals surface area contributed by atoms with E-state index in [1.165, 1.54) is 30.9 Å². The molecule has 12 aromatic heterocycles. The van der Waals surface area contributed by atoms with Gasteiger partial charge >= 0.3 is 0 Å². The molecular formula is C69H53BrClN10O11+. The Morgan fingerprint density at radius 3 is 1.41 bits per heavy atom. The molecule has 13 aromatic rings. The second-order valence-electron chi connectivity index (χ2n) is 19.8. The molecule has 21 nitrogen and oxygen atoms in total. The number of rotatable bonds is 13. The van der Waals surface area contributed by atoms with Gasteiger partial charge in [-0.1, -0.05) is 58.4 Å². The number of fused-ring (bicyclic) bond motifs is 3. The van der Waals surface area contributed by atoms with Crippen molar-refractivity contribution in [2.75, 3.05) is 10.6 Å². The minimum atomic E-state index is -1.09. The van der Waals surface area contributed by atoms with Crippen LogP contribution in [0.3, 0.4) is 0 Å². The molecule has 1 amide bonds. The van der Waals surface area contributed by atoms with Crippen molar-refractivity contribution in [1.29, 1.82) is 0 Å². The molecule has 0 unspecified atom stereocenters. The molecule has 1 aromatic carbocycles. The quantitative estimate of drug-likeness (QED) is 0.0208. The minimum Gasteiger partial charge on any atom is -0.329 e. The molecule has 0 radical (unpaired) electrons. The lowest BCUT2D eigenvalue weighted by Crippen LogP contribution is -2.41. The van der Waals surface area contributed by atoms with Gasteiger partial charge in [-0.05, 0) is 139 Å². The monoisotopic (exact) mass is 1310 g/mol. The molecule has 0 aliphatic carbocycles. The smallest absolute Gasteiger partial charge is 0.298 e. The van der Waals surface area contributed by atoms with E-state index in [-0.39, 0.29) is 73.8 Å². The molecule has 0 aliphatic heterocycles. The summed E-state index contributed by atoms with van der Waals surface area (Å²) >= 11 is 8.31. The van der Waals surface area contributed by atoms with E-state index in [1.807, 2.05) is 107 Å². The van der Waals surface area contributed by atoms with Gasteiger partial charge in [0.05, 0.1) is 16.5 Å². The summed E-state index contributed by atoms with van der Waals surface area (Å²) in [4.78, 5) is 143. The van der Waals surface area contributed by atoms with Gasteiger partial charge < -0.3 is 43.4 Å². The molecule has 13 rings (SSSR count). The van der Waals surface area contributed by atoms with E-state index in [0.29, 0.717) is 44.5 Å². The van der Waals surface area contributed by atoms with E-state index in [4.69, 9.17) is 11.6 Å². The van der Waals surface area contributed by atoms with Gasteiger partial charge in [-0.2, -0.15) is 4.57 Å². The van der Waals surface area contributed by atoms with Gasteiger partial charge in [0.15, 0.2) is 17.7 Å². The number of alkyl halides is 1. The van der Waals surface area contributed by atoms with E-state index < -0.39 is 22.7 Å². The third kappa shape index (κ3) is 15.4. The van der Waals surface area contributed by atoms with Crippen LogP contribution in [0.5, 0.6) is 0 Å². The molecule has 92 heavy (non-hydrogen) atoms. The van der Waals surface area contributed by atoms with Crippen LogP contribution in [-0.2, 0) is 16.1 Å². The maximum atomic E-state index is 13.0. The van der Waals surface area contributed by atoms with Crippen molar-refractivity contribution in [3.63, 3.8) is 0 Å². The Kier molecular flexibility index (Phi) is 21.2. The second-order valence-corrected chi connectivity index (χ2v) is 20.7. The first-order chi connectivity index (χ1) is 44.5. The van der Waals surface area contributed by atoms with Crippen molar-refractivity contribution in [3.05, 3.63) is 324 Å². The average molecular weight is 1310 g/mol. The summed E-state index contributed by atoms with van der Waals surface area (Å²) in [5, 5.41) is 1.69. The molecule has 0 saturated heterocycles. The Hall–Kier alpha value is -12.0. The highest BCUT2D eigenvalue weighted by molar-refractivity contribution is 9.09. The van der Waals surface area contributed by atoms with Crippen molar-refractivity contribution < 1.29 is 33.3 Å². The first-order valence-corrected chi connectivity index (χ1v) is 29.4. The number of aromatic nitrogens is 9. The largest absolute Gasteiger partial charge is 0.329 e. The molecule has 12 heterocycles. The van der Waals surface area contributed by atoms with E-state index in [9.17, 15) is 52.7 Å². The number of pyridine rings is 9. The van der Waals surface area contributed by atoms with Crippen molar-refractivity contribution in [2.24, 2.45) is 0 Å². The standard InChI is InChI=1S/C21H15N3O3.C15H9ClN2O3.C13H12N2O2.C13H10N2O.C7H6BrNO2/c25-19(21(27)23-14-7-2-1-3-8-14)18-17(16-10-6-11-22-20(16)26)13-15-9-4-5-12-24(15)18;16-14(20)13(19)12-11(10-5-3-6-17-15(10)21)8-9-4-1-2-7-18(9)12;1-10-5-2-3-8-15(10)9-12(16)11-6-4-7-14-13(11)17;16-13-12(5-3-6-14-13)10-8-11-4-1-2-7-15(11)9-10;8-4-6(10)5-2-1-3-9-7(5)11/h1-13H,(H,22,26)(H,23,27);1-8H,(H,17,21);2-8H,9H2,1H3;1-9H,(H,14,16);1-3H,4H2,(H,9,11)/p+1. The first kappa shape index (κ1) is 64.5. The summed E-state index contributed by atoms with van der Waals surface area (Å²) < 4.78 is 6.98. The van der Waals surface area contributed by atoms with Crippen molar-refractivity contribution in [1.82, 2.24) is 38.1 Å². The molecule has 23 heteroatoms. The number of amides is 1. The zero-order chi connectivity index (χ0) is 65.3. The van der Waals surface area contributed by atoms with Crippen LogP contribution >= 0.6 is 27.5 Å². The summed E-state index contributed by atoms with van der Waals surface area (Å²) in [6.07, 6.45) is 16.7. The van der Waals surface area contributed by atoms with Gasteiger partial charge in [0.1, 0.15) is 11.4 Å². The number of carbonyl (C=O) groups excluding carboxylic acids is 6. The lowest BCUT2D eigenvalue weighted by molar-refractivity contribution is -0.689. The fourth-order valence-corrected chi connectivity index (χ4v) is 9.87. The highest BCUT2D eigenvalue weighted by Crippen LogP contribution is 2.28. The highest BCUT2D eigenvalue weighted by Gasteiger charge is 2.27. The van der Waals surface area contributed by atoms with Crippen LogP contribution in [-0.4, -0.2) is 77.7 Å². The number of hydrogen-bond donors (Lipinski definition) is 6. The fourth-order valence-electron chi connectivity index (χ4n) is 9.48. The van der Waals surface area contributed by atoms with Gasteiger partial charge in [0.2, 0.25) is 12.3 Å². The third-order valence-electron chi connectivity index (χ3n) is 13.9. The van der Waals surface area contributed by atoms with Crippen LogP contribution in [0.15, 0.2) is 268 Å². The number of ketones is 4. The number of Topliss-reactive ketones (excluding diaryl/α,β-unsaturated/α-hetero) is 4. The number of hydrogen-bond acceptors (Lipinski definition) is 11. The third-order valence-corrected chi connectivity index (χ3v) is 14.6. The van der Waals surface area contributed by atoms with E-state index in [0.717, 1.165) is 16.8 Å². The van der Waals surface area contributed by atoms with E-state index >= 15 is 0 Å². The van der Waals surface area contributed by atoms with Crippen molar-refractivity contribution in [3.8, 4) is 33.4 Å². The Labute approximate surface area is 534 Å². The first-order valence-electron chi connectivity index (χ1n) is 27.9. The van der Waals surface area contributed by atoms with E-state index in [2.05, 4.69) is 46.2 Å². The molecule has 0 bridgehead atoms. The molecular weight excluding hydrogens is 1260 g/mol. The van der Waals surface area contributed by atoms with Crippen LogP contribution in [0.4, 0.5) is 5.69 Å². The molecule has 0 fully saturated rings. The maximum absolute atomic E-state index is 13.0. The average Bonchev–Trinajstić information content (AvgIpc) is 1.64. The normalized spacial score (nSPS) is 10.5. The Balaban J connectivity index is 0.000000140. The SMILES string of the molecule is Cc1cccc[n+]1CC(=O)c1ccc[nH]c1=O.O=C(CBr)c1ccc[nH]c1=O.O=C(Cl)C(=O)c1c(-c2ccc[nH]c2=O)cc2ccccn12.O=C(Nc1ccccc1)C(=O)c1c(-c2ccc[nH]c2=O)cc2ccccn12.O=c1[nH]cccc1-c1cc2ccccn2c1. The van der Waals surface area contributed by atoms with Gasteiger partial charge in [-0.3, -0.25) is 52.7 Å². The molecule has 458 valence electrons. The van der Waals surface area contributed by atoms with Gasteiger partial charge in [0.25, 0.3) is 50.5 Å². The molecule has 6 N–H and O–H groups in total. The number of benzene rings is 1. The number of halogens is 2. The number of nitrogens with zero attached hydrogens (tertiary/aromatic N) is 4. The number of aromatic amines is 5. The summed E-state index contributed by atoms with van der Waals surface area (Å²) in [6, 6.07) is 53.0. The van der Waals surface area contributed by atoms with Crippen LogP contribution in [0.2, 0.25) is 0 Å². The lowest BCUT2D eigenvalue weighted by Gasteiger charge is -2.07. The van der Waals surface area contributed by atoms with Crippen LogP contribution < -0.4 is 37.7 Å².